The molecule has 5 nitrogen and oxygen atoms in total. The van der Waals surface area contributed by atoms with Crippen LogP contribution in [0.25, 0.3) is 0 Å². The first-order valence-corrected chi connectivity index (χ1v) is 3.43. The van der Waals surface area contributed by atoms with E-state index in [0.717, 1.165) is 0 Å². The lowest BCUT2D eigenvalue weighted by Gasteiger charge is -2.04. The highest BCUT2D eigenvalue weighted by molar-refractivity contribution is 6.10. The van der Waals surface area contributed by atoms with E-state index in [9.17, 15) is 10.1 Å². The fraction of sp³-hybridized carbons (Fsp3) is 0.143. The average Bonchev–Trinajstić information content (AvgIpc) is 2.49. The van der Waals surface area contributed by atoms with Crippen molar-refractivity contribution in [3.8, 4) is 0 Å². The van der Waals surface area contributed by atoms with Crippen molar-refractivity contribution in [1.82, 2.24) is 0 Å². The molecule has 0 aromatic carbocycles. The first-order valence-electron chi connectivity index (χ1n) is 3.43. The topological polar surface area (TPSA) is 67.9 Å². The third-order valence-corrected chi connectivity index (χ3v) is 1.72. The van der Waals surface area contributed by atoms with Crippen molar-refractivity contribution < 1.29 is 4.92 Å². The summed E-state index contributed by atoms with van der Waals surface area (Å²) in [4.78, 5) is 9.90. The van der Waals surface area contributed by atoms with Gasteiger partial charge in [-0.25, -0.2) is 0 Å². The SMILES string of the molecule is O=[N+]([O-])C1=CC2=NN=C[C@@H]2C=C1. The van der Waals surface area contributed by atoms with E-state index in [1.54, 1.807) is 12.3 Å². The fourth-order valence-electron chi connectivity index (χ4n) is 1.10. The van der Waals surface area contributed by atoms with Crippen LogP contribution in [0.3, 0.4) is 0 Å². The predicted molar refractivity (Wildman–Crippen MR) is 43.6 cm³/mol. The van der Waals surface area contributed by atoms with Crippen molar-refractivity contribution in [2.45, 2.75) is 0 Å². The molecular formula is C7H5N3O2. The molecule has 60 valence electrons. The van der Waals surface area contributed by atoms with E-state index in [1.807, 2.05) is 0 Å². The maximum atomic E-state index is 10.3. The molecule has 0 unspecified atom stereocenters. The molecule has 0 saturated carbocycles. The van der Waals surface area contributed by atoms with Gasteiger partial charge >= 0.3 is 0 Å². The summed E-state index contributed by atoms with van der Waals surface area (Å²) in [6.07, 6.45) is 6.28. The van der Waals surface area contributed by atoms with Gasteiger partial charge in [-0.05, 0) is 0 Å². The Morgan fingerprint density at radius 1 is 1.58 bits per heavy atom. The smallest absolute Gasteiger partial charge is 0.258 e. The summed E-state index contributed by atoms with van der Waals surface area (Å²) >= 11 is 0. The Hall–Kier alpha value is -1.78. The summed E-state index contributed by atoms with van der Waals surface area (Å²) in [5, 5.41) is 17.7. The summed E-state index contributed by atoms with van der Waals surface area (Å²) in [6.45, 7) is 0. The van der Waals surface area contributed by atoms with Crippen LogP contribution in [0.1, 0.15) is 0 Å². The minimum Gasteiger partial charge on any atom is -0.258 e. The van der Waals surface area contributed by atoms with Gasteiger partial charge in [0.15, 0.2) is 0 Å². The second-order valence-electron chi connectivity index (χ2n) is 2.50. The molecule has 0 fully saturated rings. The minimum absolute atomic E-state index is 0.0358. The van der Waals surface area contributed by atoms with Gasteiger partial charge in [0.05, 0.1) is 16.6 Å². The van der Waals surface area contributed by atoms with Gasteiger partial charge in [0, 0.05) is 18.4 Å². The second-order valence-corrected chi connectivity index (χ2v) is 2.50. The van der Waals surface area contributed by atoms with Crippen LogP contribution in [0.4, 0.5) is 0 Å². The highest BCUT2D eigenvalue weighted by Gasteiger charge is 2.22. The number of allylic oxidation sites excluding steroid dienone is 3. The Morgan fingerprint density at radius 2 is 2.42 bits per heavy atom. The third-order valence-electron chi connectivity index (χ3n) is 1.72. The Morgan fingerprint density at radius 3 is 3.17 bits per heavy atom. The summed E-state index contributed by atoms with van der Waals surface area (Å²) in [7, 11) is 0. The molecule has 5 heteroatoms. The molecule has 1 atom stereocenters. The lowest BCUT2D eigenvalue weighted by molar-refractivity contribution is -0.418. The van der Waals surface area contributed by atoms with Crippen LogP contribution in [-0.4, -0.2) is 16.8 Å². The Kier molecular flexibility index (Phi) is 1.36. The quantitative estimate of drug-likeness (QED) is 0.423. The number of hydrogen-bond donors (Lipinski definition) is 0. The van der Waals surface area contributed by atoms with Gasteiger partial charge < -0.3 is 0 Å². The Bertz CT molecular complexity index is 352. The summed E-state index contributed by atoms with van der Waals surface area (Å²) in [6, 6.07) is 0. The zero-order valence-electron chi connectivity index (χ0n) is 6.04. The zero-order chi connectivity index (χ0) is 8.55. The van der Waals surface area contributed by atoms with E-state index in [2.05, 4.69) is 10.2 Å². The molecule has 12 heavy (non-hydrogen) atoms. The molecule has 2 rings (SSSR count). The highest BCUT2D eigenvalue weighted by atomic mass is 16.6. The van der Waals surface area contributed by atoms with Gasteiger partial charge in [0.25, 0.3) is 5.70 Å². The molecule has 1 aliphatic carbocycles. The number of fused-ring (bicyclic) bond motifs is 1. The Balaban J connectivity index is 2.34. The molecule has 1 heterocycles. The predicted octanol–water partition coefficient (Wildman–Crippen LogP) is 0.773. The van der Waals surface area contributed by atoms with Crippen molar-refractivity contribution in [3.63, 3.8) is 0 Å². The van der Waals surface area contributed by atoms with Crippen LogP contribution in [0, 0.1) is 16.0 Å². The van der Waals surface area contributed by atoms with Crippen molar-refractivity contribution in [2.24, 2.45) is 16.1 Å². The molecule has 0 N–H and O–H groups in total. The number of nitro groups is 1. The van der Waals surface area contributed by atoms with Crippen molar-refractivity contribution in [2.75, 3.05) is 0 Å². The van der Waals surface area contributed by atoms with E-state index < -0.39 is 4.92 Å². The van der Waals surface area contributed by atoms with E-state index >= 15 is 0 Å². The molecule has 0 radical (unpaired) electrons. The second kappa shape index (κ2) is 2.37. The van der Waals surface area contributed by atoms with Crippen molar-refractivity contribution in [1.29, 1.82) is 0 Å². The fourth-order valence-corrected chi connectivity index (χ4v) is 1.10. The van der Waals surface area contributed by atoms with Gasteiger partial charge in [-0.1, -0.05) is 6.08 Å². The molecule has 0 aromatic rings. The van der Waals surface area contributed by atoms with Crippen LogP contribution in [0.15, 0.2) is 34.1 Å². The number of rotatable bonds is 1. The van der Waals surface area contributed by atoms with Crippen molar-refractivity contribution >= 4 is 11.9 Å². The van der Waals surface area contributed by atoms with E-state index in [1.165, 1.54) is 12.2 Å². The molecule has 0 spiro atoms. The minimum atomic E-state index is -0.437. The standard InChI is InChI=1S/C7H5N3O2/c11-10(12)6-2-1-5-4-8-9-7(5)3-6/h1-5H/t5-/m0/s1. The summed E-state index contributed by atoms with van der Waals surface area (Å²) < 4.78 is 0. The van der Waals surface area contributed by atoms with Crippen LogP contribution in [0.2, 0.25) is 0 Å². The van der Waals surface area contributed by atoms with E-state index in [-0.39, 0.29) is 11.6 Å². The molecular weight excluding hydrogens is 158 g/mol. The molecule has 0 aromatic heterocycles. The maximum Gasteiger partial charge on any atom is 0.271 e. The van der Waals surface area contributed by atoms with Crippen LogP contribution < -0.4 is 0 Å². The molecule has 2 aliphatic rings. The molecule has 0 bridgehead atoms. The maximum absolute atomic E-state index is 10.3. The largest absolute Gasteiger partial charge is 0.271 e. The monoisotopic (exact) mass is 163 g/mol. The summed E-state index contributed by atoms with van der Waals surface area (Å²) in [5.41, 5.74) is 0.708. The number of nitrogens with zero attached hydrogens (tertiary/aromatic N) is 3. The number of hydrogen-bond acceptors (Lipinski definition) is 4. The van der Waals surface area contributed by atoms with Gasteiger partial charge in [-0.2, -0.15) is 10.2 Å². The van der Waals surface area contributed by atoms with Gasteiger partial charge in [-0.15, -0.1) is 0 Å². The highest BCUT2D eigenvalue weighted by Crippen LogP contribution is 2.16. The molecule has 1 aliphatic heterocycles. The lowest BCUT2D eigenvalue weighted by Crippen LogP contribution is -2.13. The van der Waals surface area contributed by atoms with Crippen molar-refractivity contribution in [3.05, 3.63) is 34.0 Å². The third kappa shape index (κ3) is 0.952. The summed E-state index contributed by atoms with van der Waals surface area (Å²) in [5.74, 6) is 0.0358. The molecule has 0 amide bonds. The van der Waals surface area contributed by atoms with Gasteiger partial charge in [0.1, 0.15) is 0 Å². The lowest BCUT2D eigenvalue weighted by atomic mass is 9.99. The molecule has 0 saturated heterocycles. The van der Waals surface area contributed by atoms with E-state index in [0.29, 0.717) is 5.71 Å². The average molecular weight is 163 g/mol. The van der Waals surface area contributed by atoms with Crippen LogP contribution in [0.5, 0.6) is 0 Å². The van der Waals surface area contributed by atoms with Crippen LogP contribution >= 0.6 is 0 Å². The zero-order valence-corrected chi connectivity index (χ0v) is 6.04. The van der Waals surface area contributed by atoms with Gasteiger partial charge in [-0.3, -0.25) is 10.1 Å². The van der Waals surface area contributed by atoms with Crippen LogP contribution in [-0.2, 0) is 0 Å². The normalized spacial score (nSPS) is 24.8. The first kappa shape index (κ1) is 6.90. The first-order chi connectivity index (χ1) is 5.77. The van der Waals surface area contributed by atoms with Gasteiger partial charge in [0.2, 0.25) is 0 Å². The van der Waals surface area contributed by atoms with E-state index in [4.69, 9.17) is 0 Å². The Labute approximate surface area is 68.0 Å².